The largest absolute Gasteiger partial charge is 0.456 e. The number of benzene rings is 2. The molecule has 1 fully saturated rings. The number of nitrogens with one attached hydrogen (secondary N) is 1. The molecule has 2 aromatic carbocycles. The zero-order valence-corrected chi connectivity index (χ0v) is 23.8. The van der Waals surface area contributed by atoms with E-state index in [2.05, 4.69) is 5.32 Å². The van der Waals surface area contributed by atoms with Gasteiger partial charge < -0.3 is 29.5 Å². The van der Waals surface area contributed by atoms with Gasteiger partial charge in [0.25, 0.3) is 10.0 Å². The van der Waals surface area contributed by atoms with Gasteiger partial charge in [0.05, 0.1) is 11.4 Å². The second-order valence-electron chi connectivity index (χ2n) is 9.52. The highest BCUT2D eigenvalue weighted by molar-refractivity contribution is 7.90. The van der Waals surface area contributed by atoms with Crippen molar-refractivity contribution in [2.45, 2.75) is 63.2 Å². The van der Waals surface area contributed by atoms with E-state index >= 15 is 0 Å². The van der Waals surface area contributed by atoms with Crippen LogP contribution in [0.5, 0.6) is 0 Å². The number of ether oxygens (including phenoxy) is 3. The molecule has 3 rings (SSSR count). The number of carbonyl (C=O) groups is 4. The molecular formula is C26H33N3O10S. The Labute approximate surface area is 232 Å². The van der Waals surface area contributed by atoms with Gasteiger partial charge in [0.1, 0.15) is 12.1 Å². The fourth-order valence-electron chi connectivity index (χ4n) is 4.68. The molecule has 0 aromatic heterocycles. The first-order valence-corrected chi connectivity index (χ1v) is 13.8. The zero-order chi connectivity index (χ0) is 29.9. The van der Waals surface area contributed by atoms with Crippen LogP contribution < -0.4 is 10.2 Å². The van der Waals surface area contributed by atoms with Crippen molar-refractivity contribution in [2.75, 3.05) is 25.5 Å². The van der Waals surface area contributed by atoms with Gasteiger partial charge in [0, 0.05) is 58.3 Å². The lowest BCUT2D eigenvalue weighted by Gasteiger charge is -2.44. The molecule has 0 saturated carbocycles. The van der Waals surface area contributed by atoms with Crippen molar-refractivity contribution >= 4 is 50.2 Å². The molecule has 1 saturated heterocycles. The molecule has 2 N–H and O–H groups in total. The SMILES string of the molecule is CC(=O)N[C@H]1C(O)O[C@H](CN(C(C)=O)S(=O)(=O)c2cccc3c(N(C)C)cccc23)[C@@H](OC(C)=O)[C@@H]1OC(C)=O. The molecular weight excluding hydrogens is 546 g/mol. The Morgan fingerprint density at radius 3 is 2.05 bits per heavy atom. The lowest BCUT2D eigenvalue weighted by molar-refractivity contribution is -0.258. The van der Waals surface area contributed by atoms with Gasteiger partial charge in [-0.3, -0.25) is 19.2 Å². The Kier molecular flexibility index (Phi) is 9.38. The third kappa shape index (κ3) is 6.51. The van der Waals surface area contributed by atoms with Gasteiger partial charge in [-0.25, -0.2) is 12.7 Å². The van der Waals surface area contributed by atoms with E-state index in [1.54, 1.807) is 24.3 Å². The minimum absolute atomic E-state index is 0.156. The van der Waals surface area contributed by atoms with Crippen molar-refractivity contribution in [1.29, 1.82) is 0 Å². The molecule has 13 nitrogen and oxygen atoms in total. The summed E-state index contributed by atoms with van der Waals surface area (Å²) in [5.74, 6) is -3.15. The molecule has 0 bridgehead atoms. The first-order chi connectivity index (χ1) is 18.6. The van der Waals surface area contributed by atoms with Crippen LogP contribution in [0.25, 0.3) is 10.8 Å². The second-order valence-corrected chi connectivity index (χ2v) is 11.3. The number of sulfonamides is 1. The second kappa shape index (κ2) is 12.2. The Morgan fingerprint density at radius 2 is 1.50 bits per heavy atom. The average Bonchev–Trinajstić information content (AvgIpc) is 2.84. The maximum absolute atomic E-state index is 13.9. The molecule has 0 spiro atoms. The summed E-state index contributed by atoms with van der Waals surface area (Å²) in [5, 5.41) is 14.1. The maximum atomic E-state index is 13.9. The monoisotopic (exact) mass is 579 g/mol. The summed E-state index contributed by atoms with van der Waals surface area (Å²) < 4.78 is 44.7. The molecule has 1 heterocycles. The summed E-state index contributed by atoms with van der Waals surface area (Å²) in [6.07, 6.45) is -6.23. The van der Waals surface area contributed by atoms with Crippen LogP contribution in [0, 0.1) is 0 Å². The minimum Gasteiger partial charge on any atom is -0.456 e. The molecule has 2 amide bonds. The maximum Gasteiger partial charge on any atom is 0.303 e. The number of amides is 2. The highest BCUT2D eigenvalue weighted by atomic mass is 32.2. The Bertz CT molecular complexity index is 1410. The van der Waals surface area contributed by atoms with E-state index in [0.29, 0.717) is 15.1 Å². The molecule has 40 heavy (non-hydrogen) atoms. The third-order valence-electron chi connectivity index (χ3n) is 6.25. The molecule has 0 radical (unpaired) electrons. The molecule has 1 aliphatic heterocycles. The smallest absolute Gasteiger partial charge is 0.303 e. The highest BCUT2D eigenvalue weighted by Crippen LogP contribution is 2.33. The van der Waals surface area contributed by atoms with Gasteiger partial charge in [0.15, 0.2) is 18.5 Å². The summed E-state index contributed by atoms with van der Waals surface area (Å²) in [5.41, 5.74) is 0.755. The zero-order valence-electron chi connectivity index (χ0n) is 23.0. The normalized spacial score (nSPS) is 22.7. The van der Waals surface area contributed by atoms with E-state index in [9.17, 15) is 32.7 Å². The van der Waals surface area contributed by atoms with Crippen molar-refractivity contribution in [2.24, 2.45) is 0 Å². The Morgan fingerprint density at radius 1 is 0.925 bits per heavy atom. The first kappa shape index (κ1) is 30.8. The van der Waals surface area contributed by atoms with Crippen LogP contribution in [-0.2, 0) is 43.4 Å². The molecule has 218 valence electrons. The van der Waals surface area contributed by atoms with Gasteiger partial charge in [-0.15, -0.1) is 0 Å². The number of aliphatic hydroxyl groups excluding tert-OH is 1. The van der Waals surface area contributed by atoms with Gasteiger partial charge in [-0.2, -0.15) is 0 Å². The van der Waals surface area contributed by atoms with Gasteiger partial charge in [0.2, 0.25) is 11.8 Å². The van der Waals surface area contributed by atoms with Gasteiger partial charge in [-0.1, -0.05) is 24.3 Å². The standard InChI is InChI=1S/C26H33N3O10S/c1-14(30)27-23-25(38-17(4)33)24(37-16(3)32)21(39-26(23)34)13-29(15(2)31)40(35,36)22-12-8-9-18-19(22)10-7-11-20(18)28(5)6/h7-12,21,23-26,34H,13H2,1-6H3,(H,27,30)/t21-,23-,24-,25-,26?/m1/s1. The lowest BCUT2D eigenvalue weighted by atomic mass is 9.95. The van der Waals surface area contributed by atoms with Gasteiger partial charge in [-0.05, 0) is 12.1 Å². The van der Waals surface area contributed by atoms with Crippen LogP contribution in [0.2, 0.25) is 0 Å². The van der Waals surface area contributed by atoms with E-state index in [-0.39, 0.29) is 4.90 Å². The summed E-state index contributed by atoms with van der Waals surface area (Å²) in [4.78, 5) is 50.1. The van der Waals surface area contributed by atoms with Crippen molar-refractivity contribution in [3.8, 4) is 0 Å². The Balaban J connectivity index is 2.09. The number of esters is 2. The van der Waals surface area contributed by atoms with E-state index in [1.165, 1.54) is 6.07 Å². The summed E-state index contributed by atoms with van der Waals surface area (Å²) in [6, 6.07) is 8.45. The van der Waals surface area contributed by atoms with Gasteiger partial charge >= 0.3 is 11.9 Å². The molecule has 14 heteroatoms. The number of carbonyl (C=O) groups excluding carboxylic acids is 4. The fraction of sp³-hybridized carbons (Fsp3) is 0.462. The predicted octanol–water partition coefficient (Wildman–Crippen LogP) is 0.528. The summed E-state index contributed by atoms with van der Waals surface area (Å²) in [6.45, 7) is 3.62. The number of rotatable bonds is 8. The number of aliphatic hydroxyl groups is 1. The number of fused-ring (bicyclic) bond motifs is 1. The van der Waals surface area contributed by atoms with Crippen molar-refractivity contribution in [3.05, 3.63) is 36.4 Å². The topological polar surface area (TPSA) is 169 Å². The van der Waals surface area contributed by atoms with E-state index in [1.807, 2.05) is 25.1 Å². The van der Waals surface area contributed by atoms with Crippen molar-refractivity contribution in [1.82, 2.24) is 9.62 Å². The van der Waals surface area contributed by atoms with Crippen LogP contribution in [0.4, 0.5) is 5.69 Å². The summed E-state index contributed by atoms with van der Waals surface area (Å²) in [7, 11) is -0.902. The van der Waals surface area contributed by atoms with Crippen molar-refractivity contribution in [3.63, 3.8) is 0 Å². The van der Waals surface area contributed by atoms with Crippen LogP contribution in [0.1, 0.15) is 27.7 Å². The molecule has 1 unspecified atom stereocenters. The molecule has 5 atom stereocenters. The number of hydrogen-bond donors (Lipinski definition) is 2. The highest BCUT2D eigenvalue weighted by Gasteiger charge is 2.51. The average molecular weight is 580 g/mol. The number of anilines is 1. The van der Waals surface area contributed by atoms with Crippen LogP contribution >= 0.6 is 0 Å². The van der Waals surface area contributed by atoms with E-state index in [0.717, 1.165) is 33.4 Å². The molecule has 0 aliphatic carbocycles. The lowest BCUT2D eigenvalue weighted by Crippen LogP contribution is -2.67. The minimum atomic E-state index is -4.53. The summed E-state index contributed by atoms with van der Waals surface area (Å²) >= 11 is 0. The van der Waals surface area contributed by atoms with Crippen LogP contribution in [0.15, 0.2) is 41.3 Å². The Hall–Kier alpha value is -3.75. The first-order valence-electron chi connectivity index (χ1n) is 12.3. The predicted molar refractivity (Wildman–Crippen MR) is 142 cm³/mol. The molecule has 2 aromatic rings. The van der Waals surface area contributed by atoms with Crippen molar-refractivity contribution < 1.29 is 46.9 Å². The molecule has 1 aliphatic rings. The third-order valence-corrected chi connectivity index (χ3v) is 8.14. The number of nitrogens with zero attached hydrogens (tertiary/aromatic N) is 2. The van der Waals surface area contributed by atoms with E-state index in [4.69, 9.17) is 14.2 Å². The van der Waals surface area contributed by atoms with E-state index < -0.39 is 71.0 Å². The fourth-order valence-corrected chi connectivity index (χ4v) is 6.30. The quantitative estimate of drug-likeness (QED) is 0.418. The van der Waals surface area contributed by atoms with Crippen LogP contribution in [-0.4, -0.2) is 92.9 Å². The van der Waals surface area contributed by atoms with Crippen LogP contribution in [0.3, 0.4) is 0 Å². The number of hydrogen-bond acceptors (Lipinski definition) is 11.